The van der Waals surface area contributed by atoms with Crippen molar-refractivity contribution in [2.45, 2.75) is 37.5 Å². The summed E-state index contributed by atoms with van der Waals surface area (Å²) < 4.78 is 23.9. The molecule has 1 aromatic rings. The molecule has 1 N–H and O–H groups in total. The van der Waals surface area contributed by atoms with E-state index in [4.69, 9.17) is 5.11 Å². The Kier molecular flexibility index (Phi) is 5.65. The molecule has 0 saturated carbocycles. The highest BCUT2D eigenvalue weighted by Crippen LogP contribution is 2.14. The van der Waals surface area contributed by atoms with Gasteiger partial charge in [0.2, 0.25) is 0 Å². The Morgan fingerprint density at radius 1 is 1.00 bits per heavy atom. The summed E-state index contributed by atoms with van der Waals surface area (Å²) in [7, 11) is -3.13. The van der Waals surface area contributed by atoms with Crippen molar-refractivity contribution in [3.63, 3.8) is 0 Å². The molecule has 0 aliphatic heterocycles. The minimum Gasteiger partial charge on any atom is -0.396 e. The van der Waals surface area contributed by atoms with Crippen molar-refractivity contribution in [1.82, 2.24) is 0 Å². The summed E-state index contributed by atoms with van der Waals surface area (Å²) in [6, 6.07) is 6.97. The summed E-state index contributed by atoms with van der Waals surface area (Å²) in [6.45, 7) is 2.12. The molecule has 0 saturated heterocycles. The standard InChI is InChI=1S/C13H20O3S/c1-12-6-8-13(9-7-12)17(15,16)11-5-3-2-4-10-14/h6-9,14H,2-5,10-11H2,1H3. The molecule has 0 unspecified atom stereocenters. The number of aryl methyl sites for hydroxylation is 1. The van der Waals surface area contributed by atoms with E-state index in [9.17, 15) is 8.42 Å². The molecule has 0 fully saturated rings. The van der Waals surface area contributed by atoms with Gasteiger partial charge in [-0.3, -0.25) is 0 Å². The number of aliphatic hydroxyl groups excluding tert-OH is 1. The van der Waals surface area contributed by atoms with Gasteiger partial charge < -0.3 is 5.11 Å². The van der Waals surface area contributed by atoms with E-state index < -0.39 is 9.84 Å². The minimum absolute atomic E-state index is 0.185. The monoisotopic (exact) mass is 256 g/mol. The van der Waals surface area contributed by atoms with Crippen LogP contribution in [0.4, 0.5) is 0 Å². The maximum atomic E-state index is 11.9. The topological polar surface area (TPSA) is 54.4 Å². The van der Waals surface area contributed by atoms with E-state index in [1.54, 1.807) is 12.1 Å². The lowest BCUT2D eigenvalue weighted by atomic mass is 10.2. The Bertz CT molecular complexity index is 420. The Morgan fingerprint density at radius 3 is 2.18 bits per heavy atom. The van der Waals surface area contributed by atoms with Gasteiger partial charge in [0.15, 0.2) is 9.84 Å². The van der Waals surface area contributed by atoms with Crippen molar-refractivity contribution in [3.05, 3.63) is 29.8 Å². The maximum Gasteiger partial charge on any atom is 0.178 e. The highest BCUT2D eigenvalue weighted by molar-refractivity contribution is 7.91. The molecule has 1 aromatic carbocycles. The Balaban J connectivity index is 2.48. The molecule has 4 heteroatoms. The van der Waals surface area contributed by atoms with Gasteiger partial charge in [0.05, 0.1) is 10.6 Å². The Morgan fingerprint density at radius 2 is 1.59 bits per heavy atom. The van der Waals surface area contributed by atoms with Gasteiger partial charge in [-0.2, -0.15) is 0 Å². The summed E-state index contributed by atoms with van der Waals surface area (Å²) >= 11 is 0. The van der Waals surface area contributed by atoms with E-state index in [0.29, 0.717) is 11.3 Å². The molecule has 0 bridgehead atoms. The molecule has 0 heterocycles. The van der Waals surface area contributed by atoms with Crippen LogP contribution in [-0.2, 0) is 9.84 Å². The molecule has 0 atom stereocenters. The molecular formula is C13H20O3S. The molecule has 0 amide bonds. The van der Waals surface area contributed by atoms with Gasteiger partial charge in [0.1, 0.15) is 0 Å². The highest BCUT2D eigenvalue weighted by atomic mass is 32.2. The number of unbranched alkanes of at least 4 members (excludes halogenated alkanes) is 3. The highest BCUT2D eigenvalue weighted by Gasteiger charge is 2.13. The first-order valence-corrected chi connectivity index (χ1v) is 7.62. The van der Waals surface area contributed by atoms with Gasteiger partial charge in [0, 0.05) is 6.61 Å². The van der Waals surface area contributed by atoms with Gasteiger partial charge in [-0.1, -0.05) is 30.5 Å². The third kappa shape index (κ3) is 4.88. The first kappa shape index (κ1) is 14.2. The normalized spacial score (nSPS) is 11.6. The Hall–Kier alpha value is -0.870. The summed E-state index contributed by atoms with van der Waals surface area (Å²) in [5.74, 6) is 0.196. The van der Waals surface area contributed by atoms with Crippen LogP contribution in [0.5, 0.6) is 0 Å². The average Bonchev–Trinajstić information content (AvgIpc) is 2.29. The van der Waals surface area contributed by atoms with Crippen LogP contribution in [0.25, 0.3) is 0 Å². The van der Waals surface area contributed by atoms with Gasteiger partial charge in [-0.05, 0) is 31.9 Å². The zero-order valence-corrected chi connectivity index (χ0v) is 11.0. The van der Waals surface area contributed by atoms with Crippen LogP contribution in [0.15, 0.2) is 29.2 Å². The SMILES string of the molecule is Cc1ccc(S(=O)(=O)CCCCCCO)cc1. The molecule has 96 valence electrons. The Labute approximate surface area is 103 Å². The zero-order valence-electron chi connectivity index (χ0n) is 10.2. The molecule has 0 radical (unpaired) electrons. The number of aliphatic hydroxyl groups is 1. The second-order valence-electron chi connectivity index (χ2n) is 4.27. The van der Waals surface area contributed by atoms with Crippen LogP contribution < -0.4 is 0 Å². The van der Waals surface area contributed by atoms with E-state index >= 15 is 0 Å². The van der Waals surface area contributed by atoms with Crippen LogP contribution in [0, 0.1) is 6.92 Å². The summed E-state index contributed by atoms with van der Waals surface area (Å²) in [5, 5.41) is 8.61. The van der Waals surface area contributed by atoms with Crippen molar-refractivity contribution in [2.75, 3.05) is 12.4 Å². The number of hydrogen-bond acceptors (Lipinski definition) is 3. The number of hydrogen-bond donors (Lipinski definition) is 1. The van der Waals surface area contributed by atoms with Gasteiger partial charge in [-0.15, -0.1) is 0 Å². The van der Waals surface area contributed by atoms with Crippen molar-refractivity contribution in [2.24, 2.45) is 0 Å². The fourth-order valence-corrected chi connectivity index (χ4v) is 2.99. The summed E-state index contributed by atoms with van der Waals surface area (Å²) in [4.78, 5) is 0.408. The molecular weight excluding hydrogens is 236 g/mol. The maximum absolute atomic E-state index is 11.9. The van der Waals surface area contributed by atoms with Crippen LogP contribution >= 0.6 is 0 Å². The molecule has 0 spiro atoms. The van der Waals surface area contributed by atoms with E-state index in [0.717, 1.165) is 24.8 Å². The van der Waals surface area contributed by atoms with Gasteiger partial charge in [0.25, 0.3) is 0 Å². The third-order valence-electron chi connectivity index (χ3n) is 2.70. The van der Waals surface area contributed by atoms with Gasteiger partial charge in [-0.25, -0.2) is 8.42 Å². The predicted molar refractivity (Wildman–Crippen MR) is 68.8 cm³/mol. The van der Waals surface area contributed by atoms with E-state index in [1.807, 2.05) is 19.1 Å². The molecule has 0 aliphatic rings. The second-order valence-corrected chi connectivity index (χ2v) is 6.38. The quantitative estimate of drug-likeness (QED) is 0.762. The van der Waals surface area contributed by atoms with Crippen molar-refractivity contribution >= 4 is 9.84 Å². The summed E-state index contributed by atoms with van der Waals surface area (Å²) in [6.07, 6.45) is 3.16. The van der Waals surface area contributed by atoms with Crippen LogP contribution in [0.2, 0.25) is 0 Å². The van der Waals surface area contributed by atoms with Crippen molar-refractivity contribution in [3.8, 4) is 0 Å². The molecule has 0 aromatic heterocycles. The lowest BCUT2D eigenvalue weighted by Crippen LogP contribution is -2.06. The predicted octanol–water partition coefficient (Wildman–Crippen LogP) is 2.32. The van der Waals surface area contributed by atoms with E-state index in [1.165, 1.54) is 0 Å². The fraction of sp³-hybridized carbons (Fsp3) is 0.538. The van der Waals surface area contributed by atoms with Crippen molar-refractivity contribution in [1.29, 1.82) is 0 Å². The van der Waals surface area contributed by atoms with Crippen molar-refractivity contribution < 1.29 is 13.5 Å². The average molecular weight is 256 g/mol. The van der Waals surface area contributed by atoms with Crippen LogP contribution in [-0.4, -0.2) is 25.9 Å². The number of sulfone groups is 1. The van der Waals surface area contributed by atoms with Crippen LogP contribution in [0.1, 0.15) is 31.2 Å². The fourth-order valence-electron chi connectivity index (χ4n) is 1.62. The molecule has 17 heavy (non-hydrogen) atoms. The van der Waals surface area contributed by atoms with Gasteiger partial charge >= 0.3 is 0 Å². The van der Waals surface area contributed by atoms with Crippen LogP contribution in [0.3, 0.4) is 0 Å². The lowest BCUT2D eigenvalue weighted by Gasteiger charge is -2.04. The first-order valence-electron chi connectivity index (χ1n) is 5.96. The molecule has 0 aliphatic carbocycles. The number of benzene rings is 1. The zero-order chi connectivity index (χ0) is 12.7. The summed E-state index contributed by atoms with van der Waals surface area (Å²) in [5.41, 5.74) is 1.06. The minimum atomic E-state index is -3.13. The third-order valence-corrected chi connectivity index (χ3v) is 4.52. The largest absolute Gasteiger partial charge is 0.396 e. The lowest BCUT2D eigenvalue weighted by molar-refractivity contribution is 0.283. The second kappa shape index (κ2) is 6.77. The number of rotatable bonds is 7. The van der Waals surface area contributed by atoms with E-state index in [-0.39, 0.29) is 12.4 Å². The first-order chi connectivity index (χ1) is 8.06. The molecule has 3 nitrogen and oxygen atoms in total. The molecule has 1 rings (SSSR count). The smallest absolute Gasteiger partial charge is 0.178 e. The van der Waals surface area contributed by atoms with E-state index in [2.05, 4.69) is 0 Å².